The summed E-state index contributed by atoms with van der Waals surface area (Å²) in [4.78, 5) is 33.6. The number of carbonyl (C=O) groups excluding carboxylic acids is 1. The van der Waals surface area contributed by atoms with Gasteiger partial charge in [0, 0.05) is 37.6 Å². The first-order chi connectivity index (χ1) is 17.7. The number of amides is 2. The summed E-state index contributed by atoms with van der Waals surface area (Å²) in [5.74, 6) is 0.763. The van der Waals surface area contributed by atoms with Gasteiger partial charge in [-0.1, -0.05) is 33.8 Å². The number of anilines is 2. The summed E-state index contributed by atoms with van der Waals surface area (Å²) < 4.78 is 1.13. The molecule has 2 amide bonds. The van der Waals surface area contributed by atoms with E-state index in [4.69, 9.17) is 0 Å². The highest BCUT2D eigenvalue weighted by Gasteiger charge is 2.23. The third-order valence-electron chi connectivity index (χ3n) is 6.10. The van der Waals surface area contributed by atoms with Crippen molar-refractivity contribution in [3.8, 4) is 0 Å². The lowest BCUT2D eigenvalue weighted by molar-refractivity contribution is 0.157. The Bertz CT molecular complexity index is 1340. The Morgan fingerprint density at radius 1 is 1.14 bits per heavy atom. The van der Waals surface area contributed by atoms with Gasteiger partial charge in [-0.3, -0.25) is 0 Å². The number of aromatic amines is 1. The molecule has 0 bridgehead atoms. The van der Waals surface area contributed by atoms with Crippen LogP contribution in [-0.4, -0.2) is 61.9 Å². The highest BCUT2D eigenvalue weighted by atomic mass is 32.1. The minimum Gasteiger partial charge on any atom is -0.340 e. The Kier molecular flexibility index (Phi) is 8.53. The van der Waals surface area contributed by atoms with Gasteiger partial charge in [0.1, 0.15) is 17.8 Å². The predicted molar refractivity (Wildman–Crippen MR) is 150 cm³/mol. The van der Waals surface area contributed by atoms with E-state index in [0.717, 1.165) is 77.3 Å². The fourth-order valence-corrected chi connectivity index (χ4v) is 5.13. The summed E-state index contributed by atoms with van der Waals surface area (Å²) in [6.07, 6.45) is 6.49. The molecular formula is C27H35N7OS. The Morgan fingerprint density at radius 3 is 2.67 bits per heavy atom. The number of nitrogens with zero attached hydrogens (tertiary/aromatic N) is 5. The number of nitrogens with one attached hydrogen (secondary N) is 2. The molecule has 36 heavy (non-hydrogen) atoms. The van der Waals surface area contributed by atoms with E-state index in [1.807, 2.05) is 41.3 Å². The number of hydrogen-bond donors (Lipinski definition) is 2. The van der Waals surface area contributed by atoms with Crippen molar-refractivity contribution in [3.63, 3.8) is 0 Å². The molecule has 9 heteroatoms. The van der Waals surface area contributed by atoms with Gasteiger partial charge in [0.2, 0.25) is 0 Å². The summed E-state index contributed by atoms with van der Waals surface area (Å²) in [6.45, 7) is 11.2. The maximum atomic E-state index is 12.9. The molecule has 0 spiro atoms. The van der Waals surface area contributed by atoms with Gasteiger partial charge >= 0.3 is 6.03 Å². The smallest absolute Gasteiger partial charge is 0.320 e. The van der Waals surface area contributed by atoms with E-state index in [0.29, 0.717) is 6.54 Å². The number of thiazole rings is 1. The molecule has 4 aromatic rings. The van der Waals surface area contributed by atoms with Crippen molar-refractivity contribution in [1.29, 1.82) is 0 Å². The van der Waals surface area contributed by atoms with Crippen molar-refractivity contribution >= 4 is 55.7 Å². The molecule has 8 nitrogen and oxygen atoms in total. The van der Waals surface area contributed by atoms with Crippen molar-refractivity contribution in [2.75, 3.05) is 31.5 Å². The van der Waals surface area contributed by atoms with Crippen LogP contribution >= 0.6 is 11.3 Å². The number of hydrogen-bond acceptors (Lipinski definition) is 6. The van der Waals surface area contributed by atoms with Crippen LogP contribution < -0.4 is 5.32 Å². The molecule has 0 aliphatic carbocycles. The summed E-state index contributed by atoms with van der Waals surface area (Å²) >= 11 is 1.62. The average Bonchev–Trinajstić information content (AvgIpc) is 3.57. The van der Waals surface area contributed by atoms with Crippen LogP contribution in [0.4, 0.5) is 16.3 Å². The van der Waals surface area contributed by atoms with Crippen LogP contribution in [0.5, 0.6) is 0 Å². The van der Waals surface area contributed by atoms with Crippen LogP contribution in [0.3, 0.4) is 0 Å². The highest BCUT2D eigenvalue weighted by Crippen LogP contribution is 2.30. The molecule has 0 saturated carbocycles. The Labute approximate surface area is 216 Å². The SMILES string of the molecule is CC.CCCN(CCC)C(=O)N1CC=C(c2cc3c(Nc4ccc5ncsc5c4)ncnc3[nH]2)CC1. The number of carbonyl (C=O) groups is 1. The molecule has 0 radical (unpaired) electrons. The summed E-state index contributed by atoms with van der Waals surface area (Å²) in [5.41, 5.74) is 6.85. The number of urea groups is 1. The molecule has 190 valence electrons. The standard InChI is InChI=1S/C25H29N7OS.C2H6/c1-3-9-31(10-4-2)25(33)32-11-7-17(8-12-32)21-14-19-23(26-15-27-24(19)30-21)29-18-5-6-20-22(13-18)34-16-28-20;1-2/h5-7,13-16H,3-4,8-12H2,1-2H3,(H2,26,27,29,30);1-2H3. The largest absolute Gasteiger partial charge is 0.340 e. The van der Waals surface area contributed by atoms with Gasteiger partial charge in [-0.15, -0.1) is 11.3 Å². The van der Waals surface area contributed by atoms with Crippen molar-refractivity contribution in [2.45, 2.75) is 47.0 Å². The second kappa shape index (κ2) is 12.0. The molecular weight excluding hydrogens is 470 g/mol. The van der Waals surface area contributed by atoms with E-state index in [1.165, 1.54) is 5.57 Å². The van der Waals surface area contributed by atoms with E-state index in [1.54, 1.807) is 17.7 Å². The molecule has 0 saturated heterocycles. The lowest BCUT2D eigenvalue weighted by atomic mass is 10.0. The number of aromatic nitrogens is 4. The van der Waals surface area contributed by atoms with Gasteiger partial charge in [-0.25, -0.2) is 19.7 Å². The van der Waals surface area contributed by atoms with E-state index in [2.05, 4.69) is 57.3 Å². The van der Waals surface area contributed by atoms with E-state index >= 15 is 0 Å². The summed E-state index contributed by atoms with van der Waals surface area (Å²) in [6, 6.07) is 8.36. The average molecular weight is 506 g/mol. The monoisotopic (exact) mass is 505 g/mol. The van der Waals surface area contributed by atoms with Gasteiger partial charge in [0.15, 0.2) is 0 Å². The summed E-state index contributed by atoms with van der Waals surface area (Å²) in [7, 11) is 0. The van der Waals surface area contributed by atoms with Gasteiger partial charge in [-0.2, -0.15) is 0 Å². The topological polar surface area (TPSA) is 90.0 Å². The molecule has 0 atom stereocenters. The van der Waals surface area contributed by atoms with E-state index < -0.39 is 0 Å². The van der Waals surface area contributed by atoms with Crippen molar-refractivity contribution < 1.29 is 4.79 Å². The second-order valence-electron chi connectivity index (χ2n) is 8.52. The number of benzene rings is 1. The normalized spacial score (nSPS) is 13.3. The van der Waals surface area contributed by atoms with E-state index in [9.17, 15) is 4.79 Å². The Morgan fingerprint density at radius 2 is 1.94 bits per heavy atom. The third-order valence-corrected chi connectivity index (χ3v) is 6.89. The number of H-pyrrole nitrogens is 1. The highest BCUT2D eigenvalue weighted by molar-refractivity contribution is 7.16. The van der Waals surface area contributed by atoms with Crippen molar-refractivity contribution in [1.82, 2.24) is 29.7 Å². The first-order valence-electron chi connectivity index (χ1n) is 12.8. The first kappa shape index (κ1) is 25.6. The quantitative estimate of drug-likeness (QED) is 0.293. The first-order valence-corrected chi connectivity index (χ1v) is 13.7. The van der Waals surface area contributed by atoms with Crippen LogP contribution in [0.1, 0.15) is 52.7 Å². The lowest BCUT2D eigenvalue weighted by Crippen LogP contribution is -2.45. The molecule has 5 rings (SSSR count). The Hall–Kier alpha value is -3.46. The molecule has 0 fully saturated rings. The molecule has 2 N–H and O–H groups in total. The minimum absolute atomic E-state index is 0.144. The molecule has 1 aliphatic rings. The number of rotatable bonds is 7. The third kappa shape index (κ3) is 5.51. The minimum atomic E-state index is 0.144. The number of fused-ring (bicyclic) bond motifs is 2. The zero-order valence-electron chi connectivity index (χ0n) is 21.5. The van der Waals surface area contributed by atoms with Crippen LogP contribution in [0.25, 0.3) is 26.8 Å². The molecule has 0 unspecified atom stereocenters. The zero-order valence-corrected chi connectivity index (χ0v) is 22.4. The fourth-order valence-electron chi connectivity index (χ4n) is 4.41. The van der Waals surface area contributed by atoms with Crippen LogP contribution in [0.2, 0.25) is 0 Å². The van der Waals surface area contributed by atoms with Gasteiger partial charge < -0.3 is 20.1 Å². The van der Waals surface area contributed by atoms with Crippen LogP contribution in [0.15, 0.2) is 42.2 Å². The van der Waals surface area contributed by atoms with Gasteiger partial charge in [-0.05, 0) is 49.1 Å². The lowest BCUT2D eigenvalue weighted by Gasteiger charge is -2.32. The van der Waals surface area contributed by atoms with E-state index in [-0.39, 0.29) is 6.03 Å². The van der Waals surface area contributed by atoms with Gasteiger partial charge in [0.05, 0.1) is 21.1 Å². The molecule has 1 aliphatic heterocycles. The maximum absolute atomic E-state index is 12.9. The molecule has 4 heterocycles. The predicted octanol–water partition coefficient (Wildman–Crippen LogP) is 6.67. The fraction of sp³-hybridized carbons (Fsp3) is 0.407. The van der Waals surface area contributed by atoms with Gasteiger partial charge in [0.25, 0.3) is 0 Å². The maximum Gasteiger partial charge on any atom is 0.320 e. The molecule has 1 aromatic carbocycles. The molecule has 3 aromatic heterocycles. The summed E-state index contributed by atoms with van der Waals surface area (Å²) in [5, 5.41) is 4.38. The van der Waals surface area contributed by atoms with Crippen LogP contribution in [0, 0.1) is 0 Å². The zero-order chi connectivity index (χ0) is 25.5. The van der Waals surface area contributed by atoms with Crippen LogP contribution in [-0.2, 0) is 0 Å². The second-order valence-corrected chi connectivity index (χ2v) is 9.41. The van der Waals surface area contributed by atoms with Crippen molar-refractivity contribution in [2.24, 2.45) is 0 Å². The Balaban J connectivity index is 0.00000148. The van der Waals surface area contributed by atoms with Crippen molar-refractivity contribution in [3.05, 3.63) is 47.9 Å².